The number of nitrogens with two attached hydrogens (primary N) is 1. The van der Waals surface area contributed by atoms with Gasteiger partial charge in [0.15, 0.2) is 0 Å². The summed E-state index contributed by atoms with van der Waals surface area (Å²) in [5.74, 6) is 1.74. The second-order valence-corrected chi connectivity index (χ2v) is 6.58. The van der Waals surface area contributed by atoms with Gasteiger partial charge < -0.3 is 15.8 Å². The van der Waals surface area contributed by atoms with Crippen molar-refractivity contribution >= 4 is 33.3 Å². The van der Waals surface area contributed by atoms with E-state index in [-0.39, 0.29) is 0 Å². The van der Waals surface area contributed by atoms with E-state index in [1.807, 2.05) is 0 Å². The monoisotopic (exact) mass is 306 g/mol. The smallest absolute Gasteiger partial charge is 0.223 e. The lowest BCUT2D eigenvalue weighted by molar-refractivity contribution is 0.0900. The summed E-state index contributed by atoms with van der Waals surface area (Å²) in [6.45, 7) is 6.07. The fraction of sp³-hybridized carbons (Fsp3) is 0.600. The van der Waals surface area contributed by atoms with Gasteiger partial charge in [-0.05, 0) is 25.3 Å². The summed E-state index contributed by atoms with van der Waals surface area (Å²) in [4.78, 5) is 11.0. The van der Waals surface area contributed by atoms with E-state index in [9.17, 15) is 0 Å². The van der Waals surface area contributed by atoms with Crippen molar-refractivity contribution in [1.82, 2.24) is 9.97 Å². The molecule has 0 amide bonds. The van der Waals surface area contributed by atoms with Gasteiger partial charge in [0.25, 0.3) is 0 Å². The van der Waals surface area contributed by atoms with Crippen molar-refractivity contribution < 1.29 is 4.74 Å². The van der Waals surface area contributed by atoms with E-state index < -0.39 is 0 Å². The standard InChI is InChI=1S/C15H22N4OS/c1-3-10-7-11-13(18-15(16)19-14(11)21-10)17-8-9-5-6-20-12(9)4-2/h7,9,12H,3-6,8H2,1-2H3,(H3,16,17,18,19). The molecule has 0 aromatic carbocycles. The highest BCUT2D eigenvalue weighted by Crippen LogP contribution is 2.31. The normalized spacial score (nSPS) is 22.0. The Morgan fingerprint density at radius 1 is 1.43 bits per heavy atom. The lowest BCUT2D eigenvalue weighted by Crippen LogP contribution is -2.23. The average molecular weight is 306 g/mol. The van der Waals surface area contributed by atoms with E-state index >= 15 is 0 Å². The zero-order chi connectivity index (χ0) is 14.8. The zero-order valence-electron chi connectivity index (χ0n) is 12.6. The minimum atomic E-state index is 0.337. The molecule has 0 aliphatic carbocycles. The highest BCUT2D eigenvalue weighted by Gasteiger charge is 2.26. The van der Waals surface area contributed by atoms with Gasteiger partial charge in [0.05, 0.1) is 11.5 Å². The third-order valence-corrected chi connectivity index (χ3v) is 5.26. The zero-order valence-corrected chi connectivity index (χ0v) is 13.4. The molecule has 21 heavy (non-hydrogen) atoms. The van der Waals surface area contributed by atoms with E-state index in [1.165, 1.54) is 4.88 Å². The van der Waals surface area contributed by atoms with Gasteiger partial charge >= 0.3 is 0 Å². The first-order chi connectivity index (χ1) is 10.2. The third kappa shape index (κ3) is 2.96. The van der Waals surface area contributed by atoms with E-state index in [0.717, 1.165) is 48.4 Å². The van der Waals surface area contributed by atoms with Crippen LogP contribution in [0.15, 0.2) is 6.07 Å². The van der Waals surface area contributed by atoms with Crippen molar-refractivity contribution in [3.8, 4) is 0 Å². The number of nitrogens with one attached hydrogen (secondary N) is 1. The summed E-state index contributed by atoms with van der Waals surface area (Å²) in [5, 5.41) is 4.55. The summed E-state index contributed by atoms with van der Waals surface area (Å²) < 4.78 is 5.74. The number of ether oxygens (including phenoxy) is 1. The van der Waals surface area contributed by atoms with Gasteiger partial charge in [-0.25, -0.2) is 4.98 Å². The molecule has 1 fully saturated rings. The van der Waals surface area contributed by atoms with Crippen LogP contribution in [0.4, 0.5) is 11.8 Å². The molecule has 0 radical (unpaired) electrons. The minimum Gasteiger partial charge on any atom is -0.378 e. The third-order valence-electron chi connectivity index (χ3n) is 4.09. The lowest BCUT2D eigenvalue weighted by atomic mass is 10.00. The number of nitrogens with zero attached hydrogens (tertiary/aromatic N) is 2. The van der Waals surface area contributed by atoms with Gasteiger partial charge in [-0.2, -0.15) is 4.98 Å². The molecule has 1 aliphatic rings. The lowest BCUT2D eigenvalue weighted by Gasteiger charge is -2.17. The Bertz CT molecular complexity index is 627. The predicted octanol–water partition coefficient (Wildman–Crippen LogP) is 3.06. The molecule has 2 atom stereocenters. The number of nitrogen functional groups attached to an aromatic ring is 1. The summed E-state index contributed by atoms with van der Waals surface area (Å²) in [5.41, 5.74) is 5.83. The van der Waals surface area contributed by atoms with Crippen molar-refractivity contribution in [2.75, 3.05) is 24.2 Å². The quantitative estimate of drug-likeness (QED) is 0.888. The van der Waals surface area contributed by atoms with Crippen LogP contribution in [0.3, 0.4) is 0 Å². The van der Waals surface area contributed by atoms with Crippen LogP contribution in [0.2, 0.25) is 0 Å². The Morgan fingerprint density at radius 3 is 3.05 bits per heavy atom. The molecule has 6 heteroatoms. The number of hydrogen-bond acceptors (Lipinski definition) is 6. The molecular formula is C15H22N4OS. The Balaban J connectivity index is 1.81. The molecule has 2 aromatic rings. The van der Waals surface area contributed by atoms with E-state index in [2.05, 4.69) is 35.2 Å². The van der Waals surface area contributed by atoms with Crippen molar-refractivity contribution in [2.24, 2.45) is 5.92 Å². The largest absolute Gasteiger partial charge is 0.378 e. The first-order valence-corrected chi connectivity index (χ1v) is 8.44. The molecule has 5 nitrogen and oxygen atoms in total. The van der Waals surface area contributed by atoms with Gasteiger partial charge in [0, 0.05) is 23.9 Å². The number of rotatable bonds is 5. The molecule has 1 aliphatic heterocycles. The van der Waals surface area contributed by atoms with E-state index in [0.29, 0.717) is 18.0 Å². The highest BCUT2D eigenvalue weighted by atomic mass is 32.1. The van der Waals surface area contributed by atoms with Crippen LogP contribution >= 0.6 is 11.3 Å². The molecule has 0 spiro atoms. The summed E-state index contributed by atoms with van der Waals surface area (Å²) >= 11 is 1.69. The maximum Gasteiger partial charge on any atom is 0.223 e. The van der Waals surface area contributed by atoms with Crippen LogP contribution in [0.25, 0.3) is 10.2 Å². The van der Waals surface area contributed by atoms with Crippen LogP contribution in [-0.2, 0) is 11.2 Å². The van der Waals surface area contributed by atoms with Gasteiger partial charge in [-0.1, -0.05) is 13.8 Å². The van der Waals surface area contributed by atoms with Crippen molar-refractivity contribution in [1.29, 1.82) is 0 Å². The van der Waals surface area contributed by atoms with Gasteiger partial charge in [0.2, 0.25) is 5.95 Å². The van der Waals surface area contributed by atoms with Crippen LogP contribution in [-0.4, -0.2) is 29.2 Å². The first kappa shape index (κ1) is 14.5. The second-order valence-electron chi connectivity index (χ2n) is 5.46. The van der Waals surface area contributed by atoms with Gasteiger partial charge in [0.1, 0.15) is 10.6 Å². The molecule has 3 heterocycles. The average Bonchev–Trinajstić information content (AvgIpc) is 3.10. The highest BCUT2D eigenvalue weighted by molar-refractivity contribution is 7.18. The minimum absolute atomic E-state index is 0.337. The number of thiophene rings is 1. The van der Waals surface area contributed by atoms with Crippen LogP contribution in [0.5, 0.6) is 0 Å². The topological polar surface area (TPSA) is 73.1 Å². The fourth-order valence-corrected chi connectivity index (χ4v) is 3.88. The van der Waals surface area contributed by atoms with Crippen molar-refractivity contribution in [3.05, 3.63) is 10.9 Å². The van der Waals surface area contributed by atoms with Crippen LogP contribution < -0.4 is 11.1 Å². The molecule has 114 valence electrons. The maximum atomic E-state index is 5.83. The maximum absolute atomic E-state index is 5.83. The fourth-order valence-electron chi connectivity index (χ4n) is 2.90. The molecule has 2 unspecified atom stereocenters. The molecule has 0 bridgehead atoms. The SMILES string of the molecule is CCc1cc2c(NCC3CCOC3CC)nc(N)nc2s1. The molecule has 2 aromatic heterocycles. The summed E-state index contributed by atoms with van der Waals surface area (Å²) in [7, 11) is 0. The van der Waals surface area contributed by atoms with E-state index in [1.54, 1.807) is 11.3 Å². The molecule has 3 rings (SSSR count). The van der Waals surface area contributed by atoms with Crippen LogP contribution in [0, 0.1) is 5.92 Å². The number of hydrogen-bond donors (Lipinski definition) is 2. The molecule has 0 saturated carbocycles. The van der Waals surface area contributed by atoms with Crippen molar-refractivity contribution in [3.63, 3.8) is 0 Å². The van der Waals surface area contributed by atoms with E-state index in [4.69, 9.17) is 10.5 Å². The second kappa shape index (κ2) is 6.15. The number of aromatic nitrogens is 2. The van der Waals surface area contributed by atoms with Gasteiger partial charge in [-0.3, -0.25) is 0 Å². The molecule has 1 saturated heterocycles. The molecule has 3 N–H and O–H groups in total. The summed E-state index contributed by atoms with van der Waals surface area (Å²) in [6, 6.07) is 2.17. The Labute approximate surface area is 128 Å². The summed E-state index contributed by atoms with van der Waals surface area (Å²) in [6.07, 6.45) is 3.54. The first-order valence-electron chi connectivity index (χ1n) is 7.62. The number of fused-ring (bicyclic) bond motifs is 1. The van der Waals surface area contributed by atoms with Gasteiger partial charge in [-0.15, -0.1) is 11.3 Å². The van der Waals surface area contributed by atoms with Crippen LogP contribution in [0.1, 0.15) is 31.6 Å². The Hall–Kier alpha value is -1.40. The van der Waals surface area contributed by atoms with Crippen molar-refractivity contribution in [2.45, 2.75) is 39.2 Å². The predicted molar refractivity (Wildman–Crippen MR) is 87.8 cm³/mol. The Kier molecular flexibility index (Phi) is 4.26. The number of anilines is 2. The molecular weight excluding hydrogens is 284 g/mol. The number of aryl methyl sites for hydroxylation is 1. The Morgan fingerprint density at radius 2 is 2.29 bits per heavy atom.